The molecule has 0 radical (unpaired) electrons. The number of nitrogens with zero attached hydrogens (tertiary/aromatic N) is 6. The second-order valence-electron chi connectivity index (χ2n) is 8.17. The Bertz CT molecular complexity index is 328. The summed E-state index contributed by atoms with van der Waals surface area (Å²) in [7, 11) is 4.49. The number of rotatable bonds is 16. The van der Waals surface area contributed by atoms with Crippen LogP contribution in [0, 0.1) is 21.6 Å². The second-order valence-corrected chi connectivity index (χ2v) is 21.1. The van der Waals surface area contributed by atoms with E-state index in [9.17, 15) is 0 Å². The van der Waals surface area contributed by atoms with Crippen molar-refractivity contribution in [1.82, 2.24) is 9.80 Å². The van der Waals surface area contributed by atoms with Gasteiger partial charge in [0.1, 0.15) is 25.1 Å². The zero-order valence-corrected chi connectivity index (χ0v) is 29.6. The summed E-state index contributed by atoms with van der Waals surface area (Å²) in [5, 5.41) is 24.0. The van der Waals surface area contributed by atoms with Crippen molar-refractivity contribution in [2.75, 3.05) is 88.5 Å². The maximum absolute atomic E-state index is 6.00. The summed E-state index contributed by atoms with van der Waals surface area (Å²) >= 11 is 0. The molecule has 0 rings (SSSR count). The third-order valence-electron chi connectivity index (χ3n) is 5.97. The van der Waals surface area contributed by atoms with Crippen LogP contribution >= 0.6 is 31.7 Å². The molecule has 0 aliphatic carbocycles. The predicted molar refractivity (Wildman–Crippen MR) is 159 cm³/mol. The zero-order valence-electron chi connectivity index (χ0n) is 23.6. The molecular weight excluding hydrogens is 568 g/mol. The molecule has 33 heavy (non-hydrogen) atoms. The third kappa shape index (κ3) is 29.3. The monoisotopic (exact) mass is 628 g/mol. The van der Waals surface area contributed by atoms with Crippen LogP contribution in [0.3, 0.4) is 0 Å². The Hall–Kier alpha value is 1.17. The summed E-state index contributed by atoms with van der Waals surface area (Å²) < 4.78 is 0. The van der Waals surface area contributed by atoms with Gasteiger partial charge in [-0.15, -0.1) is 0 Å². The van der Waals surface area contributed by atoms with Crippen LogP contribution in [0.15, 0.2) is 0 Å². The summed E-state index contributed by atoms with van der Waals surface area (Å²) in [6.45, 7) is 18.9. The fraction of sp³-hybridized carbons (Fsp3) is 1.00. The predicted octanol–water partition coefficient (Wildman–Crippen LogP) is 6.74. The first-order chi connectivity index (χ1) is 15.3. The molecule has 0 aromatic rings. The van der Waals surface area contributed by atoms with E-state index in [0.29, 0.717) is 0 Å². The van der Waals surface area contributed by atoms with Crippen molar-refractivity contribution in [2.45, 2.75) is 55.4 Å². The van der Waals surface area contributed by atoms with Crippen LogP contribution in [-0.4, -0.2) is 98.3 Å². The van der Waals surface area contributed by atoms with Gasteiger partial charge in [0, 0.05) is 74.3 Å². The van der Waals surface area contributed by atoms with Crippen molar-refractivity contribution in [2.24, 2.45) is 0 Å². The molecule has 198 valence electrons. The molecule has 0 fully saturated rings. The van der Waals surface area contributed by atoms with E-state index in [-0.39, 0.29) is 52.8 Å². The molecule has 0 unspecified atom stereocenters. The van der Waals surface area contributed by atoms with Crippen molar-refractivity contribution in [1.29, 1.82) is 21.6 Å². The maximum atomic E-state index is 6.00. The Morgan fingerprint density at radius 3 is 0.606 bits per heavy atom. The van der Waals surface area contributed by atoms with Crippen molar-refractivity contribution < 1.29 is 21.1 Å². The third-order valence-corrected chi connectivity index (χ3v) is 17.9. The Balaban J connectivity index is -0.000000134. The van der Waals surface area contributed by atoms with Crippen molar-refractivity contribution >= 4 is 31.7 Å². The minimum atomic E-state index is -0.0414. The Morgan fingerprint density at radius 1 is 0.394 bits per heavy atom. The molecule has 11 heteroatoms. The van der Waals surface area contributed by atoms with Crippen LogP contribution in [0.5, 0.6) is 0 Å². The van der Waals surface area contributed by atoms with Crippen LogP contribution in [0.4, 0.5) is 0 Å². The van der Waals surface area contributed by atoms with Gasteiger partial charge in [-0.25, -0.2) is 9.80 Å². The van der Waals surface area contributed by atoms with Gasteiger partial charge < -0.3 is 0 Å². The molecule has 0 amide bonds. The van der Waals surface area contributed by atoms with Gasteiger partial charge in [0.05, 0.1) is 49.3 Å². The topological polar surface area (TPSA) is 102 Å². The van der Waals surface area contributed by atoms with E-state index in [2.05, 4.69) is 79.3 Å². The van der Waals surface area contributed by atoms with Crippen molar-refractivity contribution in [3.8, 4) is 0 Å². The van der Waals surface area contributed by atoms with Crippen LogP contribution in [-0.2, 0) is 21.1 Å². The fourth-order valence-corrected chi connectivity index (χ4v) is 11.3. The molecule has 0 heterocycles. The minimum Gasteiger partial charge on any atom is -0.242 e. The first kappa shape index (κ1) is 44.2. The van der Waals surface area contributed by atoms with Crippen molar-refractivity contribution in [3.05, 3.63) is 0 Å². The summed E-state index contributed by atoms with van der Waals surface area (Å²) in [5.74, 6) is 0. The molecule has 6 nitrogen and oxygen atoms in total. The maximum Gasteiger partial charge on any atom is 0.112 e. The van der Waals surface area contributed by atoms with E-state index in [0.717, 1.165) is 0 Å². The van der Waals surface area contributed by atoms with Crippen molar-refractivity contribution in [3.63, 3.8) is 0 Å². The average Bonchev–Trinajstić information content (AvgIpc) is 2.85. The van der Waals surface area contributed by atoms with Crippen LogP contribution in [0.2, 0.25) is 0 Å². The Morgan fingerprint density at radius 2 is 0.515 bits per heavy atom. The van der Waals surface area contributed by atoms with Gasteiger partial charge in [0.15, 0.2) is 0 Å². The SMILES string of the molecule is CC[PH+](CC)CN(C)C[PH+](CC)CC.CC[PH+](CC)CN(C)C[PH+](CC)CC.N#N.N#N.[Mo]. The average molecular weight is 627 g/mol. The molecule has 0 aliphatic heterocycles. The normalized spacial score (nSPS) is 10.3. The van der Waals surface area contributed by atoms with E-state index >= 15 is 0 Å². The first-order valence-corrected chi connectivity index (χ1v) is 20.9. The van der Waals surface area contributed by atoms with Gasteiger partial charge in [-0.05, 0) is 69.5 Å². The van der Waals surface area contributed by atoms with Gasteiger partial charge >= 0.3 is 0 Å². The van der Waals surface area contributed by atoms with E-state index < -0.39 is 0 Å². The molecule has 0 spiro atoms. The summed E-state index contributed by atoms with van der Waals surface area (Å²) in [4.78, 5) is 5.23. The standard InChI is InChI=1S/2C11H27NP2.Mo.2N2/c2*1-6-13(7-2)10-12(5)11-14(8-3)9-4;;2*1-2/h2*6-11H2,1-5H3;;;/p+4. The molecule has 0 saturated carbocycles. The largest absolute Gasteiger partial charge is 0.242 e. The summed E-state index contributed by atoms with van der Waals surface area (Å²) in [6, 6.07) is 0. The second kappa shape index (κ2) is 35.3. The van der Waals surface area contributed by atoms with E-state index in [1.54, 1.807) is 0 Å². The molecular formula is C22H58MoN6P4+4. The molecule has 0 N–H and O–H groups in total. The molecule has 0 atom stereocenters. The van der Waals surface area contributed by atoms with E-state index in [1.807, 2.05) is 0 Å². The van der Waals surface area contributed by atoms with Gasteiger partial charge in [-0.3, -0.25) is 0 Å². The Kier molecular flexibility index (Phi) is 47.3. The van der Waals surface area contributed by atoms with Gasteiger partial charge in [-0.1, -0.05) is 0 Å². The molecule has 0 bridgehead atoms. The quantitative estimate of drug-likeness (QED) is 0.107. The fourth-order valence-electron chi connectivity index (χ4n) is 3.53. The zero-order chi connectivity index (χ0) is 25.9. The molecule has 0 saturated heterocycles. The smallest absolute Gasteiger partial charge is 0.112 e. The van der Waals surface area contributed by atoms with Crippen LogP contribution in [0.25, 0.3) is 0 Å². The van der Waals surface area contributed by atoms with Gasteiger partial charge in [0.2, 0.25) is 0 Å². The summed E-state index contributed by atoms with van der Waals surface area (Å²) in [6.07, 6.45) is 17.1. The van der Waals surface area contributed by atoms with Crippen LogP contribution in [0.1, 0.15) is 55.4 Å². The van der Waals surface area contributed by atoms with Gasteiger partial charge in [0.25, 0.3) is 0 Å². The molecule has 0 aliphatic rings. The summed E-state index contributed by atoms with van der Waals surface area (Å²) in [5.41, 5.74) is 0. The van der Waals surface area contributed by atoms with Crippen LogP contribution < -0.4 is 0 Å². The van der Waals surface area contributed by atoms with E-state index in [1.165, 1.54) is 74.4 Å². The molecule has 0 aromatic carbocycles. The molecule has 0 aromatic heterocycles. The van der Waals surface area contributed by atoms with Gasteiger partial charge in [-0.2, -0.15) is 0 Å². The first-order valence-electron chi connectivity index (χ1n) is 12.5. The Labute approximate surface area is 227 Å². The number of hydrogen-bond donors (Lipinski definition) is 0. The van der Waals surface area contributed by atoms with E-state index in [4.69, 9.17) is 21.6 Å². The number of hydrogen-bond acceptors (Lipinski definition) is 6. The minimum absolute atomic E-state index is 0.